The van der Waals surface area contributed by atoms with Gasteiger partial charge < -0.3 is 5.11 Å². The smallest absolute Gasteiger partial charge is 0.243 e. The fraction of sp³-hybridized carbons (Fsp3) is 0.400. The van der Waals surface area contributed by atoms with Crippen molar-refractivity contribution in [1.82, 2.24) is 4.72 Å². The number of rotatable bonds is 3. The molecule has 1 unspecified atom stereocenters. The SMILES string of the molecule is Cc1ccc(C)c(S(=O)(=O)NC(O)C(Cl)(Cl)Cl)c1. The molecule has 0 aromatic heterocycles. The number of benzene rings is 1. The topological polar surface area (TPSA) is 66.4 Å². The van der Waals surface area contributed by atoms with E-state index in [-0.39, 0.29) is 4.90 Å². The minimum atomic E-state index is -3.95. The molecule has 8 heteroatoms. The summed E-state index contributed by atoms with van der Waals surface area (Å²) in [5, 5.41) is 9.46. The molecule has 0 saturated heterocycles. The standard InChI is InChI=1S/C10H12Cl3NO3S/c1-6-3-4-7(2)8(5-6)18(16,17)14-9(15)10(11,12)13/h3-5,9,14-15H,1-2H3. The van der Waals surface area contributed by atoms with Crippen LogP contribution in [0.1, 0.15) is 11.1 Å². The van der Waals surface area contributed by atoms with Crippen LogP contribution in [-0.2, 0) is 10.0 Å². The molecule has 1 aromatic carbocycles. The van der Waals surface area contributed by atoms with Crippen LogP contribution < -0.4 is 4.72 Å². The number of sulfonamides is 1. The Morgan fingerprint density at radius 3 is 2.33 bits per heavy atom. The number of hydrogen-bond acceptors (Lipinski definition) is 3. The number of hydrogen-bond donors (Lipinski definition) is 2. The van der Waals surface area contributed by atoms with Gasteiger partial charge in [-0.2, -0.15) is 4.72 Å². The number of nitrogens with one attached hydrogen (secondary N) is 1. The average molecular weight is 333 g/mol. The van der Waals surface area contributed by atoms with Crippen LogP contribution >= 0.6 is 34.8 Å². The second kappa shape index (κ2) is 5.53. The van der Waals surface area contributed by atoms with E-state index in [1.54, 1.807) is 26.0 Å². The Balaban J connectivity index is 3.11. The lowest BCUT2D eigenvalue weighted by Crippen LogP contribution is -2.43. The van der Waals surface area contributed by atoms with Crippen LogP contribution in [-0.4, -0.2) is 23.5 Å². The monoisotopic (exact) mass is 331 g/mol. The van der Waals surface area contributed by atoms with E-state index in [0.29, 0.717) is 5.56 Å². The average Bonchev–Trinajstić information content (AvgIpc) is 2.19. The Bertz CT molecular complexity index is 540. The summed E-state index contributed by atoms with van der Waals surface area (Å²) in [6.45, 7) is 3.39. The molecule has 0 heterocycles. The van der Waals surface area contributed by atoms with Crippen LogP contribution in [0.2, 0.25) is 0 Å². The van der Waals surface area contributed by atoms with E-state index >= 15 is 0 Å². The van der Waals surface area contributed by atoms with E-state index < -0.39 is 20.0 Å². The van der Waals surface area contributed by atoms with E-state index in [1.165, 1.54) is 6.07 Å². The highest BCUT2D eigenvalue weighted by atomic mass is 35.6. The van der Waals surface area contributed by atoms with Gasteiger partial charge in [0.25, 0.3) is 0 Å². The number of aliphatic hydroxyl groups excluding tert-OH is 1. The summed E-state index contributed by atoms with van der Waals surface area (Å²) in [7, 11) is -3.95. The molecule has 4 nitrogen and oxygen atoms in total. The fourth-order valence-electron chi connectivity index (χ4n) is 1.27. The fourth-order valence-corrected chi connectivity index (χ4v) is 3.06. The molecule has 18 heavy (non-hydrogen) atoms. The molecule has 0 fully saturated rings. The third-order valence-electron chi connectivity index (χ3n) is 2.21. The van der Waals surface area contributed by atoms with Crippen molar-refractivity contribution in [3.8, 4) is 0 Å². The first-order chi connectivity index (χ1) is 8.04. The molecule has 0 spiro atoms. The first-order valence-electron chi connectivity index (χ1n) is 4.88. The second-order valence-electron chi connectivity index (χ2n) is 3.83. The summed E-state index contributed by atoms with van der Waals surface area (Å²) in [4.78, 5) is 0.0378. The summed E-state index contributed by atoms with van der Waals surface area (Å²) >= 11 is 16.2. The predicted molar refractivity (Wildman–Crippen MR) is 72.5 cm³/mol. The zero-order valence-electron chi connectivity index (χ0n) is 9.62. The van der Waals surface area contributed by atoms with E-state index in [9.17, 15) is 13.5 Å². The molecule has 1 atom stereocenters. The molecule has 102 valence electrons. The Hall–Kier alpha value is -0.0400. The second-order valence-corrected chi connectivity index (χ2v) is 7.89. The van der Waals surface area contributed by atoms with Crippen LogP contribution in [0, 0.1) is 13.8 Å². The molecular weight excluding hydrogens is 321 g/mol. The highest BCUT2D eigenvalue weighted by Crippen LogP contribution is 2.30. The van der Waals surface area contributed by atoms with Gasteiger partial charge in [0.15, 0.2) is 6.23 Å². The van der Waals surface area contributed by atoms with Gasteiger partial charge in [0.05, 0.1) is 4.90 Å². The summed E-state index contributed by atoms with van der Waals surface area (Å²) in [5.41, 5.74) is 1.30. The van der Waals surface area contributed by atoms with E-state index in [4.69, 9.17) is 34.8 Å². The maximum Gasteiger partial charge on any atom is 0.243 e. The third kappa shape index (κ3) is 3.98. The van der Waals surface area contributed by atoms with Crippen LogP contribution in [0.5, 0.6) is 0 Å². The van der Waals surface area contributed by atoms with Gasteiger partial charge in [-0.1, -0.05) is 46.9 Å². The quantitative estimate of drug-likeness (QED) is 0.659. The molecular formula is C10H12Cl3NO3S. The van der Waals surface area contributed by atoms with Gasteiger partial charge in [-0.3, -0.25) is 0 Å². The van der Waals surface area contributed by atoms with Gasteiger partial charge in [0.1, 0.15) is 0 Å². The number of halogens is 3. The maximum absolute atomic E-state index is 12.0. The van der Waals surface area contributed by atoms with Gasteiger partial charge in [-0.25, -0.2) is 8.42 Å². The molecule has 0 saturated carbocycles. The molecule has 0 aliphatic rings. The highest BCUT2D eigenvalue weighted by molar-refractivity contribution is 7.89. The Morgan fingerprint density at radius 1 is 1.28 bits per heavy atom. The van der Waals surface area contributed by atoms with Crippen molar-refractivity contribution in [3.63, 3.8) is 0 Å². The van der Waals surface area contributed by atoms with E-state index in [0.717, 1.165) is 5.56 Å². The lowest BCUT2D eigenvalue weighted by Gasteiger charge is -2.20. The van der Waals surface area contributed by atoms with Crippen LogP contribution in [0.25, 0.3) is 0 Å². The molecule has 0 bridgehead atoms. The van der Waals surface area contributed by atoms with Crippen molar-refractivity contribution in [2.75, 3.05) is 0 Å². The summed E-state index contributed by atoms with van der Waals surface area (Å²) in [6.07, 6.45) is -1.83. The Labute approximate surface area is 121 Å². The van der Waals surface area contributed by atoms with Gasteiger partial charge in [0.2, 0.25) is 13.8 Å². The molecule has 1 rings (SSSR count). The highest BCUT2D eigenvalue weighted by Gasteiger charge is 2.34. The van der Waals surface area contributed by atoms with Crippen molar-refractivity contribution in [3.05, 3.63) is 29.3 Å². The maximum atomic E-state index is 12.0. The Kier molecular flexibility index (Phi) is 4.92. The first kappa shape index (κ1) is 16.0. The van der Waals surface area contributed by atoms with Crippen LogP contribution in [0.15, 0.2) is 23.1 Å². The number of alkyl halides is 3. The third-order valence-corrected chi connectivity index (χ3v) is 4.38. The van der Waals surface area contributed by atoms with Crippen molar-refractivity contribution in [1.29, 1.82) is 0 Å². The van der Waals surface area contributed by atoms with Gasteiger partial charge >= 0.3 is 0 Å². The van der Waals surface area contributed by atoms with Crippen molar-refractivity contribution < 1.29 is 13.5 Å². The van der Waals surface area contributed by atoms with E-state index in [2.05, 4.69) is 0 Å². The molecule has 0 aliphatic heterocycles. The summed E-state index contributed by atoms with van der Waals surface area (Å²) in [5.74, 6) is 0. The van der Waals surface area contributed by atoms with Crippen molar-refractivity contribution >= 4 is 44.8 Å². The van der Waals surface area contributed by atoms with E-state index in [1.807, 2.05) is 4.72 Å². The molecule has 1 aromatic rings. The lowest BCUT2D eigenvalue weighted by atomic mass is 10.2. The zero-order valence-corrected chi connectivity index (χ0v) is 12.7. The normalized spacial score (nSPS) is 14.6. The van der Waals surface area contributed by atoms with Crippen LogP contribution in [0.3, 0.4) is 0 Å². The molecule has 0 aliphatic carbocycles. The first-order valence-corrected chi connectivity index (χ1v) is 7.50. The molecule has 0 radical (unpaired) electrons. The summed E-state index contributed by atoms with van der Waals surface area (Å²) < 4.78 is 23.8. The molecule has 0 amide bonds. The van der Waals surface area contributed by atoms with Gasteiger partial charge in [0, 0.05) is 0 Å². The van der Waals surface area contributed by atoms with Crippen molar-refractivity contribution in [2.45, 2.75) is 28.8 Å². The lowest BCUT2D eigenvalue weighted by molar-refractivity contribution is 0.167. The predicted octanol–water partition coefficient (Wildman–Crippen LogP) is 2.27. The summed E-state index contributed by atoms with van der Waals surface area (Å²) in [6, 6.07) is 4.91. The number of aliphatic hydroxyl groups is 1. The van der Waals surface area contributed by atoms with Crippen LogP contribution in [0.4, 0.5) is 0 Å². The molecule has 2 N–H and O–H groups in total. The van der Waals surface area contributed by atoms with Gasteiger partial charge in [-0.15, -0.1) is 0 Å². The largest absolute Gasteiger partial charge is 0.373 e. The Morgan fingerprint density at radius 2 is 1.83 bits per heavy atom. The zero-order chi connectivity index (χ0) is 14.1. The minimum absolute atomic E-state index is 0.0378. The van der Waals surface area contributed by atoms with Crippen molar-refractivity contribution in [2.24, 2.45) is 0 Å². The number of aryl methyl sites for hydroxylation is 2. The minimum Gasteiger partial charge on any atom is -0.373 e. The van der Waals surface area contributed by atoms with Gasteiger partial charge in [-0.05, 0) is 31.0 Å².